The zero-order valence-corrected chi connectivity index (χ0v) is 10.5. The quantitative estimate of drug-likeness (QED) is 0.767. The van der Waals surface area contributed by atoms with E-state index in [1.54, 1.807) is 18.7 Å². The third-order valence-electron chi connectivity index (χ3n) is 2.06. The van der Waals surface area contributed by atoms with Gasteiger partial charge in [0.25, 0.3) is 0 Å². The molecule has 0 aromatic heterocycles. The summed E-state index contributed by atoms with van der Waals surface area (Å²) in [7, 11) is 0. The molecule has 0 spiro atoms. The number of hydrogen-bond donors (Lipinski definition) is 2. The van der Waals surface area contributed by atoms with Gasteiger partial charge in [0.2, 0.25) is 5.91 Å². The fourth-order valence-corrected chi connectivity index (χ4v) is 2.12. The van der Waals surface area contributed by atoms with Crippen LogP contribution in [0.5, 0.6) is 0 Å². The van der Waals surface area contributed by atoms with Gasteiger partial charge in [0.05, 0.1) is 6.04 Å². The van der Waals surface area contributed by atoms with E-state index in [9.17, 15) is 4.79 Å². The van der Waals surface area contributed by atoms with E-state index in [1.165, 1.54) is 4.90 Å². The summed E-state index contributed by atoms with van der Waals surface area (Å²) < 4.78 is 0. The number of rotatable bonds is 5. The smallest absolute Gasteiger partial charge is 0.236 e. The molecule has 1 aromatic carbocycles. The van der Waals surface area contributed by atoms with E-state index in [0.29, 0.717) is 11.8 Å². The number of nitrogens with two attached hydrogens (primary N) is 1. The first-order valence-corrected chi connectivity index (χ1v) is 6.22. The molecule has 0 aliphatic rings. The van der Waals surface area contributed by atoms with E-state index in [-0.39, 0.29) is 5.91 Å². The normalized spacial score (nSPS) is 14.2. The average molecular weight is 238 g/mol. The van der Waals surface area contributed by atoms with E-state index >= 15 is 0 Å². The number of nitrogens with one attached hydrogen (secondary N) is 1. The van der Waals surface area contributed by atoms with Crippen LogP contribution in [0.4, 0.5) is 0 Å². The lowest BCUT2D eigenvalue weighted by Crippen LogP contribution is -2.40. The van der Waals surface area contributed by atoms with Crippen molar-refractivity contribution in [3.8, 4) is 0 Å². The van der Waals surface area contributed by atoms with Crippen LogP contribution in [-0.2, 0) is 4.79 Å². The monoisotopic (exact) mass is 238 g/mol. The van der Waals surface area contributed by atoms with Gasteiger partial charge in [-0.15, -0.1) is 11.8 Å². The third kappa shape index (κ3) is 4.68. The Balaban J connectivity index is 2.31. The van der Waals surface area contributed by atoms with E-state index in [4.69, 9.17) is 5.73 Å². The highest BCUT2D eigenvalue weighted by Crippen LogP contribution is 2.21. The number of thioether (sulfide) groups is 1. The SMILES string of the molecule is CC(CNC(=O)[C@H](C)N)Sc1ccccc1. The van der Waals surface area contributed by atoms with Crippen LogP contribution < -0.4 is 11.1 Å². The second-order valence-electron chi connectivity index (χ2n) is 3.78. The van der Waals surface area contributed by atoms with E-state index in [1.807, 2.05) is 18.2 Å². The van der Waals surface area contributed by atoms with Crippen molar-refractivity contribution in [3.63, 3.8) is 0 Å². The van der Waals surface area contributed by atoms with Gasteiger partial charge >= 0.3 is 0 Å². The molecule has 0 aliphatic heterocycles. The van der Waals surface area contributed by atoms with Crippen LogP contribution in [-0.4, -0.2) is 23.7 Å². The molecule has 3 nitrogen and oxygen atoms in total. The molecule has 2 atom stereocenters. The summed E-state index contributed by atoms with van der Waals surface area (Å²) in [5.41, 5.74) is 5.46. The van der Waals surface area contributed by atoms with Crippen molar-refractivity contribution in [1.82, 2.24) is 5.32 Å². The molecule has 0 fully saturated rings. The van der Waals surface area contributed by atoms with Crippen molar-refractivity contribution in [1.29, 1.82) is 0 Å². The van der Waals surface area contributed by atoms with E-state index in [0.717, 1.165) is 0 Å². The minimum atomic E-state index is -0.436. The van der Waals surface area contributed by atoms with Crippen molar-refractivity contribution >= 4 is 17.7 Å². The minimum Gasteiger partial charge on any atom is -0.354 e. The van der Waals surface area contributed by atoms with Crippen LogP contribution in [0.1, 0.15) is 13.8 Å². The first-order chi connectivity index (χ1) is 7.59. The first-order valence-electron chi connectivity index (χ1n) is 5.34. The Morgan fingerprint density at radius 3 is 2.56 bits per heavy atom. The number of carbonyl (C=O) groups is 1. The molecular weight excluding hydrogens is 220 g/mol. The summed E-state index contributed by atoms with van der Waals surface area (Å²) in [4.78, 5) is 12.5. The van der Waals surface area contributed by atoms with Crippen molar-refractivity contribution in [2.24, 2.45) is 5.73 Å². The second-order valence-corrected chi connectivity index (χ2v) is 5.29. The first kappa shape index (κ1) is 13.1. The van der Waals surface area contributed by atoms with Gasteiger partial charge in [0, 0.05) is 16.7 Å². The molecule has 0 saturated heterocycles. The summed E-state index contributed by atoms with van der Waals surface area (Å²) in [6, 6.07) is 9.70. The molecule has 1 amide bonds. The van der Waals surface area contributed by atoms with Crippen LogP contribution in [0.25, 0.3) is 0 Å². The zero-order valence-electron chi connectivity index (χ0n) is 9.64. The summed E-state index contributed by atoms with van der Waals surface area (Å²) in [5.74, 6) is -0.0967. The largest absolute Gasteiger partial charge is 0.354 e. The van der Waals surface area contributed by atoms with Crippen molar-refractivity contribution < 1.29 is 4.79 Å². The molecule has 16 heavy (non-hydrogen) atoms. The van der Waals surface area contributed by atoms with Crippen LogP contribution in [0, 0.1) is 0 Å². The maximum Gasteiger partial charge on any atom is 0.236 e. The van der Waals surface area contributed by atoms with Crippen molar-refractivity contribution in [3.05, 3.63) is 30.3 Å². The Morgan fingerprint density at radius 2 is 2.00 bits per heavy atom. The second kappa shape index (κ2) is 6.55. The Hall–Kier alpha value is -1.00. The van der Waals surface area contributed by atoms with Gasteiger partial charge in [-0.2, -0.15) is 0 Å². The molecule has 0 heterocycles. The van der Waals surface area contributed by atoms with Gasteiger partial charge < -0.3 is 11.1 Å². The molecule has 88 valence electrons. The van der Waals surface area contributed by atoms with Crippen LogP contribution in [0.3, 0.4) is 0 Å². The fourth-order valence-electron chi connectivity index (χ4n) is 1.18. The maximum atomic E-state index is 11.3. The lowest BCUT2D eigenvalue weighted by atomic mass is 10.3. The maximum absolute atomic E-state index is 11.3. The Kier molecular flexibility index (Phi) is 5.35. The van der Waals surface area contributed by atoms with Gasteiger partial charge in [-0.1, -0.05) is 25.1 Å². The summed E-state index contributed by atoms with van der Waals surface area (Å²) in [6.07, 6.45) is 0. The predicted molar refractivity (Wildman–Crippen MR) is 68.4 cm³/mol. The number of carbonyl (C=O) groups excluding carboxylic acids is 1. The molecule has 1 rings (SSSR count). The van der Waals surface area contributed by atoms with Gasteiger partial charge in [-0.25, -0.2) is 0 Å². The summed E-state index contributed by atoms with van der Waals surface area (Å²) >= 11 is 1.74. The van der Waals surface area contributed by atoms with Crippen molar-refractivity contribution in [2.45, 2.75) is 30.0 Å². The Morgan fingerprint density at radius 1 is 1.38 bits per heavy atom. The van der Waals surface area contributed by atoms with E-state index < -0.39 is 6.04 Å². The van der Waals surface area contributed by atoms with Crippen LogP contribution in [0.2, 0.25) is 0 Å². The minimum absolute atomic E-state index is 0.0967. The lowest BCUT2D eigenvalue weighted by molar-refractivity contribution is -0.121. The number of benzene rings is 1. The van der Waals surface area contributed by atoms with Crippen LogP contribution >= 0.6 is 11.8 Å². The summed E-state index contributed by atoms with van der Waals surface area (Å²) in [5, 5.41) is 3.16. The number of hydrogen-bond acceptors (Lipinski definition) is 3. The molecule has 0 radical (unpaired) electrons. The highest BCUT2D eigenvalue weighted by atomic mass is 32.2. The lowest BCUT2D eigenvalue weighted by Gasteiger charge is -2.13. The van der Waals surface area contributed by atoms with Gasteiger partial charge in [0.15, 0.2) is 0 Å². The molecule has 3 N–H and O–H groups in total. The molecule has 0 bridgehead atoms. The fraction of sp³-hybridized carbons (Fsp3) is 0.417. The van der Waals surface area contributed by atoms with E-state index in [2.05, 4.69) is 24.4 Å². The summed E-state index contributed by atoms with van der Waals surface area (Å²) in [6.45, 7) is 4.41. The molecular formula is C12H18N2OS. The molecule has 1 aromatic rings. The van der Waals surface area contributed by atoms with Gasteiger partial charge in [0.1, 0.15) is 0 Å². The highest BCUT2D eigenvalue weighted by molar-refractivity contribution is 8.00. The molecule has 0 saturated carbocycles. The van der Waals surface area contributed by atoms with Crippen molar-refractivity contribution in [2.75, 3.05) is 6.54 Å². The molecule has 4 heteroatoms. The highest BCUT2D eigenvalue weighted by Gasteiger charge is 2.09. The topological polar surface area (TPSA) is 55.1 Å². The zero-order chi connectivity index (χ0) is 12.0. The predicted octanol–water partition coefficient (Wildman–Crippen LogP) is 1.63. The van der Waals surface area contributed by atoms with Gasteiger partial charge in [-0.05, 0) is 19.1 Å². The molecule has 1 unspecified atom stereocenters. The standard InChI is InChI=1S/C12H18N2OS/c1-9(8-14-12(15)10(2)13)16-11-6-4-3-5-7-11/h3-7,9-10H,8,13H2,1-2H3,(H,14,15)/t9?,10-/m0/s1. The average Bonchev–Trinajstić information content (AvgIpc) is 2.27. The van der Waals surface area contributed by atoms with Gasteiger partial charge in [-0.3, -0.25) is 4.79 Å². The third-order valence-corrected chi connectivity index (χ3v) is 3.17. The van der Waals surface area contributed by atoms with Crippen LogP contribution in [0.15, 0.2) is 35.2 Å². The Labute approximate surface area is 101 Å². The number of amides is 1. The Bertz CT molecular complexity index is 327. The molecule has 0 aliphatic carbocycles.